The molecule has 1 N–H and O–H groups in total. The molecule has 1 aliphatic rings. The number of halogens is 1. The van der Waals surface area contributed by atoms with Crippen LogP contribution in [0.5, 0.6) is 0 Å². The van der Waals surface area contributed by atoms with E-state index >= 15 is 0 Å². The fourth-order valence-electron chi connectivity index (χ4n) is 3.23. The predicted molar refractivity (Wildman–Crippen MR) is 81.2 cm³/mol. The van der Waals surface area contributed by atoms with E-state index in [1.807, 2.05) is 18.7 Å². The van der Waals surface area contributed by atoms with Crippen LogP contribution in [-0.2, 0) is 13.5 Å². The topological polar surface area (TPSA) is 38.1 Å². The Kier molecular flexibility index (Phi) is 4.72. The van der Waals surface area contributed by atoms with Gasteiger partial charge in [0.2, 0.25) is 0 Å². The summed E-state index contributed by atoms with van der Waals surface area (Å²) in [5, 5.41) is 15.3. The van der Waals surface area contributed by atoms with Crippen molar-refractivity contribution in [3.05, 3.63) is 15.9 Å². The Bertz CT molecular complexity index is 444. The number of aliphatic hydroxyl groups is 1. The van der Waals surface area contributed by atoms with Crippen molar-refractivity contribution in [2.24, 2.45) is 13.0 Å². The Morgan fingerprint density at radius 1 is 1.42 bits per heavy atom. The molecule has 0 radical (unpaired) electrons. The number of rotatable bonds is 3. The van der Waals surface area contributed by atoms with Crippen molar-refractivity contribution < 1.29 is 5.11 Å². The fraction of sp³-hybridized carbons (Fsp3) is 0.800. The van der Waals surface area contributed by atoms with Crippen LogP contribution in [0.3, 0.4) is 0 Å². The molecule has 1 heterocycles. The minimum atomic E-state index is -0.549. The zero-order chi connectivity index (χ0) is 14.0. The zero-order valence-electron chi connectivity index (χ0n) is 12.2. The van der Waals surface area contributed by atoms with E-state index in [1.165, 1.54) is 12.8 Å². The number of aryl methyl sites for hydroxylation is 2. The van der Waals surface area contributed by atoms with Gasteiger partial charge < -0.3 is 5.11 Å². The first-order valence-electron chi connectivity index (χ1n) is 7.35. The molecule has 19 heavy (non-hydrogen) atoms. The standard InChI is InChI=1S/C15H25BrN2O/c1-4-12-6-5-8-15(19,9-7-12)10-13-14(16)11(2)17-18(13)3/h12,19H,4-10H2,1-3H3. The summed E-state index contributed by atoms with van der Waals surface area (Å²) in [6.07, 6.45) is 7.35. The first-order chi connectivity index (χ1) is 8.95. The maximum atomic E-state index is 10.9. The van der Waals surface area contributed by atoms with Gasteiger partial charge in [0, 0.05) is 13.5 Å². The third kappa shape index (κ3) is 3.40. The van der Waals surface area contributed by atoms with Crippen molar-refractivity contribution in [3.63, 3.8) is 0 Å². The van der Waals surface area contributed by atoms with Gasteiger partial charge in [-0.15, -0.1) is 0 Å². The summed E-state index contributed by atoms with van der Waals surface area (Å²) in [6, 6.07) is 0. The quantitative estimate of drug-likeness (QED) is 0.858. The third-order valence-electron chi connectivity index (χ3n) is 4.61. The van der Waals surface area contributed by atoms with E-state index in [1.54, 1.807) is 0 Å². The van der Waals surface area contributed by atoms with Crippen molar-refractivity contribution in [2.45, 2.75) is 64.4 Å². The van der Waals surface area contributed by atoms with Gasteiger partial charge in [-0.3, -0.25) is 4.68 Å². The Hall–Kier alpha value is -0.350. The van der Waals surface area contributed by atoms with E-state index in [2.05, 4.69) is 28.0 Å². The fourth-order valence-corrected chi connectivity index (χ4v) is 3.71. The van der Waals surface area contributed by atoms with E-state index in [9.17, 15) is 5.11 Å². The lowest BCUT2D eigenvalue weighted by molar-refractivity contribution is 0.0223. The van der Waals surface area contributed by atoms with Gasteiger partial charge >= 0.3 is 0 Å². The van der Waals surface area contributed by atoms with Crippen molar-refractivity contribution in [1.82, 2.24) is 9.78 Å². The largest absolute Gasteiger partial charge is 0.389 e. The van der Waals surface area contributed by atoms with Gasteiger partial charge in [-0.2, -0.15) is 5.10 Å². The highest BCUT2D eigenvalue weighted by Gasteiger charge is 2.32. The monoisotopic (exact) mass is 328 g/mol. The minimum absolute atomic E-state index is 0.549. The van der Waals surface area contributed by atoms with E-state index in [-0.39, 0.29) is 0 Å². The molecule has 0 saturated heterocycles. The summed E-state index contributed by atoms with van der Waals surface area (Å²) in [4.78, 5) is 0. The highest BCUT2D eigenvalue weighted by Crippen LogP contribution is 2.35. The average molecular weight is 329 g/mol. The average Bonchev–Trinajstić information content (AvgIpc) is 2.56. The number of aromatic nitrogens is 2. The molecule has 2 rings (SSSR count). The van der Waals surface area contributed by atoms with E-state index in [4.69, 9.17) is 0 Å². The van der Waals surface area contributed by atoms with Crippen LogP contribution < -0.4 is 0 Å². The molecule has 0 spiro atoms. The molecule has 0 bridgehead atoms. The van der Waals surface area contributed by atoms with Crippen LogP contribution in [0.1, 0.15) is 56.8 Å². The SMILES string of the molecule is CCC1CCCC(O)(Cc2c(Br)c(C)nn2C)CC1. The second-order valence-corrected chi connectivity index (χ2v) is 6.87. The maximum absolute atomic E-state index is 10.9. The Morgan fingerprint density at radius 2 is 2.16 bits per heavy atom. The van der Waals surface area contributed by atoms with Crippen LogP contribution in [0.15, 0.2) is 4.47 Å². The summed E-state index contributed by atoms with van der Waals surface area (Å²) >= 11 is 3.60. The van der Waals surface area contributed by atoms with Gasteiger partial charge in [0.1, 0.15) is 0 Å². The molecule has 0 aliphatic heterocycles. The molecule has 2 unspecified atom stereocenters. The summed E-state index contributed by atoms with van der Waals surface area (Å²) in [5.41, 5.74) is 1.57. The summed E-state index contributed by atoms with van der Waals surface area (Å²) in [5.74, 6) is 0.797. The first-order valence-corrected chi connectivity index (χ1v) is 8.15. The van der Waals surface area contributed by atoms with Gasteiger partial charge in [-0.05, 0) is 48.0 Å². The summed E-state index contributed by atoms with van der Waals surface area (Å²) in [7, 11) is 1.96. The van der Waals surface area contributed by atoms with E-state index in [0.29, 0.717) is 6.42 Å². The predicted octanol–water partition coefficient (Wildman–Crippen LogP) is 3.75. The molecule has 4 heteroatoms. The molecule has 108 valence electrons. The molecule has 2 atom stereocenters. The molecule has 0 amide bonds. The summed E-state index contributed by atoms with van der Waals surface area (Å²) < 4.78 is 2.96. The van der Waals surface area contributed by atoms with Crippen LogP contribution in [0.2, 0.25) is 0 Å². The van der Waals surface area contributed by atoms with E-state index in [0.717, 1.165) is 47.5 Å². The Labute approximate surface area is 124 Å². The Morgan fingerprint density at radius 3 is 2.74 bits per heavy atom. The normalized spacial score (nSPS) is 28.4. The van der Waals surface area contributed by atoms with Crippen molar-refractivity contribution >= 4 is 15.9 Å². The lowest BCUT2D eigenvalue weighted by Crippen LogP contribution is -2.31. The van der Waals surface area contributed by atoms with Crippen LogP contribution in [0.4, 0.5) is 0 Å². The van der Waals surface area contributed by atoms with Crippen molar-refractivity contribution in [3.8, 4) is 0 Å². The van der Waals surface area contributed by atoms with E-state index < -0.39 is 5.60 Å². The molecule has 1 saturated carbocycles. The molecular formula is C15H25BrN2O. The second kappa shape index (κ2) is 5.96. The highest BCUT2D eigenvalue weighted by molar-refractivity contribution is 9.10. The van der Waals surface area contributed by atoms with Crippen LogP contribution >= 0.6 is 15.9 Å². The number of hydrogen-bond donors (Lipinski definition) is 1. The number of hydrogen-bond acceptors (Lipinski definition) is 2. The first kappa shape index (κ1) is 15.0. The number of nitrogens with zero attached hydrogens (tertiary/aromatic N) is 2. The zero-order valence-corrected chi connectivity index (χ0v) is 13.8. The van der Waals surface area contributed by atoms with Crippen molar-refractivity contribution in [1.29, 1.82) is 0 Å². The third-order valence-corrected chi connectivity index (χ3v) is 5.64. The maximum Gasteiger partial charge on any atom is 0.0738 e. The molecular weight excluding hydrogens is 304 g/mol. The van der Waals surface area contributed by atoms with Gasteiger partial charge in [0.15, 0.2) is 0 Å². The van der Waals surface area contributed by atoms with Crippen molar-refractivity contribution in [2.75, 3.05) is 0 Å². The lowest BCUT2D eigenvalue weighted by Gasteiger charge is -2.27. The Balaban J connectivity index is 2.12. The second-order valence-electron chi connectivity index (χ2n) is 6.08. The van der Waals surface area contributed by atoms with Crippen LogP contribution in [0, 0.1) is 12.8 Å². The molecule has 1 aliphatic carbocycles. The minimum Gasteiger partial charge on any atom is -0.389 e. The molecule has 1 fully saturated rings. The van der Waals surface area contributed by atoms with Gasteiger partial charge in [0.05, 0.1) is 21.5 Å². The van der Waals surface area contributed by atoms with Gasteiger partial charge in [-0.1, -0.05) is 26.2 Å². The molecule has 1 aromatic heterocycles. The highest BCUT2D eigenvalue weighted by atomic mass is 79.9. The molecule has 3 nitrogen and oxygen atoms in total. The van der Waals surface area contributed by atoms with Crippen LogP contribution in [-0.4, -0.2) is 20.5 Å². The van der Waals surface area contributed by atoms with Gasteiger partial charge in [-0.25, -0.2) is 0 Å². The lowest BCUT2D eigenvalue weighted by atomic mass is 9.88. The van der Waals surface area contributed by atoms with Crippen LogP contribution in [0.25, 0.3) is 0 Å². The smallest absolute Gasteiger partial charge is 0.0738 e. The van der Waals surface area contributed by atoms with Gasteiger partial charge in [0.25, 0.3) is 0 Å². The summed E-state index contributed by atoms with van der Waals surface area (Å²) in [6.45, 7) is 4.26. The molecule has 1 aromatic rings. The molecule has 0 aromatic carbocycles.